The van der Waals surface area contributed by atoms with E-state index in [0.717, 1.165) is 33.4 Å². The molecule has 176 valence electrons. The molecule has 0 atom stereocenters. The second-order valence-electron chi connectivity index (χ2n) is 8.13. The van der Waals surface area contributed by atoms with Crippen LogP contribution in [0.4, 0.5) is 5.69 Å². The van der Waals surface area contributed by atoms with Gasteiger partial charge in [-0.25, -0.2) is 0 Å². The number of rotatable bonds is 7. The van der Waals surface area contributed by atoms with Crippen LogP contribution in [0.15, 0.2) is 78.0 Å². The summed E-state index contributed by atoms with van der Waals surface area (Å²) in [6, 6.07) is 23.1. The molecule has 7 nitrogen and oxygen atoms in total. The number of para-hydroxylation sites is 2. The summed E-state index contributed by atoms with van der Waals surface area (Å²) < 4.78 is 13.4. The second kappa shape index (κ2) is 9.68. The summed E-state index contributed by atoms with van der Waals surface area (Å²) in [5.74, 6) is 2.03. The number of thioether (sulfide) groups is 1. The highest BCUT2D eigenvalue weighted by Gasteiger charge is 2.15. The summed E-state index contributed by atoms with van der Waals surface area (Å²) in [5, 5.41) is 13.3. The first-order valence-electron chi connectivity index (χ1n) is 11.1. The van der Waals surface area contributed by atoms with Crippen LogP contribution in [0.2, 0.25) is 0 Å². The number of pyridine rings is 1. The van der Waals surface area contributed by atoms with Crippen LogP contribution in [0, 0.1) is 13.8 Å². The maximum Gasteiger partial charge on any atom is 0.234 e. The minimum atomic E-state index is -0.166. The fourth-order valence-corrected chi connectivity index (χ4v) is 4.58. The Hall–Kier alpha value is -4.04. The van der Waals surface area contributed by atoms with E-state index in [-0.39, 0.29) is 11.7 Å². The number of carbonyl (C=O) groups is 1. The third-order valence-electron chi connectivity index (χ3n) is 5.62. The van der Waals surface area contributed by atoms with Crippen LogP contribution < -0.4 is 14.8 Å². The highest BCUT2D eigenvalue weighted by atomic mass is 32.2. The molecule has 35 heavy (non-hydrogen) atoms. The molecule has 0 aliphatic heterocycles. The molecule has 0 saturated heterocycles. The van der Waals surface area contributed by atoms with E-state index in [1.165, 1.54) is 11.8 Å². The molecule has 8 heteroatoms. The summed E-state index contributed by atoms with van der Waals surface area (Å²) in [6.07, 6.45) is 0. The largest absolute Gasteiger partial charge is 0.497 e. The van der Waals surface area contributed by atoms with E-state index in [4.69, 9.17) is 9.47 Å². The van der Waals surface area contributed by atoms with E-state index in [2.05, 4.69) is 15.5 Å². The zero-order valence-electron chi connectivity index (χ0n) is 19.6. The fraction of sp³-hybridized carbons (Fsp3) is 0.148. The number of nitrogens with one attached hydrogen (secondary N) is 1. The van der Waals surface area contributed by atoms with Crippen LogP contribution in [0.5, 0.6) is 17.2 Å². The Bertz CT molecular complexity index is 1530. The average molecular weight is 485 g/mol. The molecule has 0 radical (unpaired) electrons. The van der Waals surface area contributed by atoms with E-state index >= 15 is 0 Å². The average Bonchev–Trinajstić information content (AvgIpc) is 3.28. The maximum absolute atomic E-state index is 12.8. The first-order valence-corrected chi connectivity index (χ1v) is 12.1. The van der Waals surface area contributed by atoms with Crippen LogP contribution in [-0.4, -0.2) is 33.4 Å². The van der Waals surface area contributed by atoms with Gasteiger partial charge in [0.05, 0.1) is 24.1 Å². The highest BCUT2D eigenvalue weighted by Crippen LogP contribution is 2.31. The van der Waals surface area contributed by atoms with Crippen molar-refractivity contribution in [2.24, 2.45) is 0 Å². The first kappa shape index (κ1) is 22.7. The number of aryl methyl sites for hydroxylation is 2. The third-order valence-corrected chi connectivity index (χ3v) is 6.55. The van der Waals surface area contributed by atoms with E-state index in [1.54, 1.807) is 7.11 Å². The van der Waals surface area contributed by atoms with Crippen molar-refractivity contribution in [3.63, 3.8) is 0 Å². The van der Waals surface area contributed by atoms with E-state index in [1.807, 2.05) is 91.0 Å². The van der Waals surface area contributed by atoms with Gasteiger partial charge in [0.15, 0.2) is 16.6 Å². The molecular formula is C27H24N4O3S. The molecule has 0 unspecified atom stereocenters. The molecule has 0 aliphatic rings. The first-order chi connectivity index (χ1) is 17.0. The standard InChI is InChI=1S/C27H24N4O3S/c1-17-8-10-19(11-9-17)34-24-7-5-4-6-22(24)28-26(32)16-35-27-30-29-25-14-18(2)21-13-12-20(33-3)15-23(21)31(25)27/h4-15H,16H2,1-3H3,(H,28,32). The lowest BCUT2D eigenvalue weighted by Crippen LogP contribution is -2.15. The van der Waals surface area contributed by atoms with Crippen molar-refractivity contribution in [2.75, 3.05) is 18.2 Å². The summed E-state index contributed by atoms with van der Waals surface area (Å²) in [7, 11) is 1.64. The Balaban J connectivity index is 1.35. The Morgan fingerprint density at radius 3 is 2.54 bits per heavy atom. The molecule has 2 heterocycles. The van der Waals surface area contributed by atoms with Gasteiger partial charge in [0.2, 0.25) is 5.91 Å². The predicted octanol–water partition coefficient (Wildman–Crippen LogP) is 6.03. The second-order valence-corrected chi connectivity index (χ2v) is 9.08. The SMILES string of the molecule is COc1ccc2c(C)cc3nnc(SCC(=O)Nc4ccccc4Oc4ccc(C)cc4)n3c2c1. The quantitative estimate of drug-likeness (QED) is 0.284. The minimum Gasteiger partial charge on any atom is -0.497 e. The molecule has 5 rings (SSSR count). The number of amides is 1. The number of nitrogens with zero attached hydrogens (tertiary/aromatic N) is 3. The third kappa shape index (κ3) is 4.79. The Labute approximate surface area is 207 Å². The molecule has 0 aliphatic carbocycles. The lowest BCUT2D eigenvalue weighted by molar-refractivity contribution is -0.113. The van der Waals surface area contributed by atoms with Gasteiger partial charge in [-0.15, -0.1) is 10.2 Å². The maximum atomic E-state index is 12.8. The molecule has 3 aromatic carbocycles. The van der Waals surface area contributed by atoms with E-state index in [9.17, 15) is 4.79 Å². The zero-order valence-corrected chi connectivity index (χ0v) is 20.4. The van der Waals surface area contributed by atoms with Gasteiger partial charge < -0.3 is 14.8 Å². The van der Waals surface area contributed by atoms with Gasteiger partial charge in [-0.1, -0.05) is 41.6 Å². The van der Waals surface area contributed by atoms with Crippen molar-refractivity contribution in [2.45, 2.75) is 19.0 Å². The number of carbonyl (C=O) groups excluding carboxylic acids is 1. The predicted molar refractivity (Wildman–Crippen MR) is 139 cm³/mol. The van der Waals surface area contributed by atoms with Crippen molar-refractivity contribution < 1.29 is 14.3 Å². The summed E-state index contributed by atoms with van der Waals surface area (Å²) >= 11 is 1.33. The van der Waals surface area contributed by atoms with Crippen molar-refractivity contribution >= 4 is 39.9 Å². The van der Waals surface area contributed by atoms with Crippen molar-refractivity contribution in [3.8, 4) is 17.2 Å². The van der Waals surface area contributed by atoms with Gasteiger partial charge in [0.25, 0.3) is 0 Å². The molecule has 0 saturated carbocycles. The molecule has 0 bridgehead atoms. The number of ether oxygens (including phenoxy) is 2. The number of aromatic nitrogens is 3. The Morgan fingerprint density at radius 2 is 1.74 bits per heavy atom. The van der Waals surface area contributed by atoms with E-state index in [0.29, 0.717) is 22.3 Å². The molecule has 1 amide bonds. The monoisotopic (exact) mass is 484 g/mol. The summed E-state index contributed by atoms with van der Waals surface area (Å²) in [4.78, 5) is 12.8. The van der Waals surface area contributed by atoms with Crippen molar-refractivity contribution in [3.05, 3.63) is 83.9 Å². The number of hydrogen-bond donors (Lipinski definition) is 1. The van der Waals surface area contributed by atoms with Gasteiger partial charge in [0, 0.05) is 11.5 Å². The Morgan fingerprint density at radius 1 is 0.971 bits per heavy atom. The number of hydrogen-bond acceptors (Lipinski definition) is 6. The zero-order chi connectivity index (χ0) is 24.4. The molecule has 1 N–H and O–H groups in total. The van der Waals surface area contributed by atoms with Crippen LogP contribution in [-0.2, 0) is 4.79 Å². The highest BCUT2D eigenvalue weighted by molar-refractivity contribution is 7.99. The number of anilines is 1. The molecule has 0 spiro atoms. The number of methoxy groups -OCH3 is 1. The molecular weight excluding hydrogens is 460 g/mol. The smallest absolute Gasteiger partial charge is 0.234 e. The van der Waals surface area contributed by atoms with Crippen LogP contribution >= 0.6 is 11.8 Å². The van der Waals surface area contributed by atoms with Crippen LogP contribution in [0.25, 0.3) is 16.6 Å². The van der Waals surface area contributed by atoms with Gasteiger partial charge >= 0.3 is 0 Å². The Kier molecular flexibility index (Phi) is 6.29. The van der Waals surface area contributed by atoms with Gasteiger partial charge in [-0.3, -0.25) is 9.20 Å². The van der Waals surface area contributed by atoms with Crippen LogP contribution in [0.1, 0.15) is 11.1 Å². The summed E-state index contributed by atoms with van der Waals surface area (Å²) in [6.45, 7) is 4.06. The van der Waals surface area contributed by atoms with Crippen molar-refractivity contribution in [1.29, 1.82) is 0 Å². The lowest BCUT2D eigenvalue weighted by atomic mass is 10.1. The van der Waals surface area contributed by atoms with E-state index < -0.39 is 0 Å². The van der Waals surface area contributed by atoms with Crippen LogP contribution in [0.3, 0.4) is 0 Å². The topological polar surface area (TPSA) is 77.8 Å². The normalized spacial score (nSPS) is 11.1. The molecule has 5 aromatic rings. The minimum absolute atomic E-state index is 0.166. The van der Waals surface area contributed by atoms with Gasteiger partial charge in [-0.2, -0.15) is 0 Å². The molecule has 0 fully saturated rings. The molecule has 2 aromatic heterocycles. The van der Waals surface area contributed by atoms with Gasteiger partial charge in [-0.05, 0) is 61.9 Å². The summed E-state index contributed by atoms with van der Waals surface area (Å²) in [5.41, 5.74) is 4.52. The number of fused-ring (bicyclic) bond motifs is 3. The fourth-order valence-electron chi connectivity index (χ4n) is 3.83. The van der Waals surface area contributed by atoms with Crippen molar-refractivity contribution in [1.82, 2.24) is 14.6 Å². The lowest BCUT2D eigenvalue weighted by Gasteiger charge is -2.12. The number of benzene rings is 3. The van der Waals surface area contributed by atoms with Gasteiger partial charge in [0.1, 0.15) is 11.5 Å².